The van der Waals surface area contributed by atoms with E-state index in [2.05, 4.69) is 20.8 Å². The number of carbonyl (C=O) groups is 1. The predicted molar refractivity (Wildman–Crippen MR) is 94.2 cm³/mol. The zero-order valence-electron chi connectivity index (χ0n) is 14.8. The van der Waals surface area contributed by atoms with Gasteiger partial charge in [-0.1, -0.05) is 52.0 Å². The minimum atomic E-state index is -1.20. The van der Waals surface area contributed by atoms with Gasteiger partial charge in [-0.05, 0) is 30.5 Å². The van der Waals surface area contributed by atoms with Crippen molar-refractivity contribution in [3.63, 3.8) is 0 Å². The zero-order chi connectivity index (χ0) is 17.8. The normalized spacial score (nSPS) is 14.0. The summed E-state index contributed by atoms with van der Waals surface area (Å²) < 4.78 is 6.05. The van der Waals surface area contributed by atoms with Crippen LogP contribution in [-0.2, 0) is 10.2 Å². The molecular weight excluding hydrogens is 308 g/mol. The predicted octanol–water partition coefficient (Wildman–Crippen LogP) is 4.07. The number of carboxylic acid groups (broad SMARTS) is 1. The minimum absolute atomic E-state index is 0.00983. The van der Waals surface area contributed by atoms with Crippen molar-refractivity contribution in [1.29, 1.82) is 0 Å². The van der Waals surface area contributed by atoms with Gasteiger partial charge in [0.2, 0.25) is 0 Å². The Morgan fingerprint density at radius 3 is 2.39 bits per heavy atom. The monoisotopic (exact) mass is 335 g/mol. The van der Waals surface area contributed by atoms with E-state index in [4.69, 9.17) is 4.43 Å². The molecule has 0 saturated carbocycles. The highest BCUT2D eigenvalue weighted by Crippen LogP contribution is 2.39. The smallest absolute Gasteiger partial charge is 0.334 e. The van der Waals surface area contributed by atoms with E-state index in [9.17, 15) is 15.0 Å². The number of hydrogen-bond acceptors (Lipinski definition) is 3. The summed E-state index contributed by atoms with van der Waals surface area (Å²) in [7, 11) is -1.06. The van der Waals surface area contributed by atoms with Gasteiger partial charge in [0.25, 0.3) is 9.04 Å². The summed E-state index contributed by atoms with van der Waals surface area (Å²) in [5.74, 6) is -0.486. The molecule has 0 aromatic heterocycles. The Kier molecular flexibility index (Phi) is 6.59. The van der Waals surface area contributed by atoms with Gasteiger partial charge in [-0.3, -0.25) is 0 Å². The van der Waals surface area contributed by atoms with E-state index >= 15 is 0 Å². The van der Waals surface area contributed by atoms with Crippen molar-refractivity contribution >= 4 is 15.0 Å². The van der Waals surface area contributed by atoms with Crippen LogP contribution in [0.5, 0.6) is 5.75 Å². The van der Waals surface area contributed by atoms with Crippen LogP contribution in [0.2, 0.25) is 13.1 Å². The number of benzene rings is 1. The summed E-state index contributed by atoms with van der Waals surface area (Å²) in [5.41, 5.74) is 1.32. The number of carboxylic acids is 1. The van der Waals surface area contributed by atoms with Crippen molar-refractivity contribution in [3.8, 4) is 5.75 Å². The van der Waals surface area contributed by atoms with Crippen molar-refractivity contribution < 1.29 is 19.4 Å². The molecule has 0 bridgehead atoms. The van der Waals surface area contributed by atoms with Gasteiger partial charge in [0, 0.05) is 5.56 Å². The van der Waals surface area contributed by atoms with E-state index in [0.29, 0.717) is 17.7 Å². The van der Waals surface area contributed by atoms with Gasteiger partial charge in [0.1, 0.15) is 11.9 Å². The number of hydrogen-bond donors (Lipinski definition) is 2. The largest absolute Gasteiger partial charge is 0.542 e. The van der Waals surface area contributed by atoms with Crippen LogP contribution < -0.4 is 4.43 Å². The van der Waals surface area contributed by atoms with E-state index in [-0.39, 0.29) is 11.0 Å². The fourth-order valence-corrected chi connectivity index (χ4v) is 3.02. The highest BCUT2D eigenvalue weighted by molar-refractivity contribution is 6.49. The summed E-state index contributed by atoms with van der Waals surface area (Å²) in [4.78, 5) is 11.5. The molecule has 1 aromatic rings. The van der Waals surface area contributed by atoms with E-state index in [0.717, 1.165) is 5.56 Å². The maximum absolute atomic E-state index is 11.5. The summed E-state index contributed by atoms with van der Waals surface area (Å²) >= 11 is 0. The maximum atomic E-state index is 11.5. The van der Waals surface area contributed by atoms with Crippen LogP contribution in [0.15, 0.2) is 29.8 Å². The summed E-state index contributed by atoms with van der Waals surface area (Å²) in [6.07, 6.45) is 0.889. The Bertz CT molecular complexity index is 585. The average molecular weight is 335 g/mol. The van der Waals surface area contributed by atoms with E-state index in [1.807, 2.05) is 32.2 Å². The van der Waals surface area contributed by atoms with Crippen molar-refractivity contribution in [2.24, 2.45) is 0 Å². The molecule has 1 radical (unpaired) electrons. The summed E-state index contributed by atoms with van der Waals surface area (Å²) in [5, 5.41) is 20.0. The van der Waals surface area contributed by atoms with Gasteiger partial charge in [-0.2, -0.15) is 0 Å². The molecule has 1 rings (SSSR count). The Morgan fingerprint density at radius 1 is 1.35 bits per heavy atom. The molecule has 0 saturated heterocycles. The van der Waals surface area contributed by atoms with Crippen molar-refractivity contribution in [1.82, 2.24) is 0 Å². The lowest BCUT2D eigenvalue weighted by Gasteiger charge is -2.27. The van der Waals surface area contributed by atoms with Crippen molar-refractivity contribution in [2.75, 3.05) is 0 Å². The Hall–Kier alpha value is -1.59. The van der Waals surface area contributed by atoms with Gasteiger partial charge in [-0.25, -0.2) is 4.79 Å². The molecule has 23 heavy (non-hydrogen) atoms. The van der Waals surface area contributed by atoms with Crippen LogP contribution >= 0.6 is 0 Å². The number of rotatable bonds is 6. The number of allylic oxidation sites excluding steroid dienone is 1. The number of para-hydroxylation sites is 1. The standard InChI is InChI=1S/C18H27O4Si/c1-7-9-13(17(20)21)15(19)12-10-8-11-14(18(2,3)4)16(12)22-23(5)6/h8-11,15,19H,7H2,1-6H3,(H,20,21). The lowest BCUT2D eigenvalue weighted by Crippen LogP contribution is -2.21. The van der Waals surface area contributed by atoms with Gasteiger partial charge in [0.15, 0.2) is 0 Å². The zero-order valence-corrected chi connectivity index (χ0v) is 15.8. The second-order valence-electron chi connectivity index (χ2n) is 6.76. The molecule has 0 spiro atoms. The van der Waals surface area contributed by atoms with Gasteiger partial charge >= 0.3 is 5.97 Å². The molecule has 0 aliphatic heterocycles. The number of aliphatic hydroxyl groups is 1. The molecule has 5 heteroatoms. The maximum Gasteiger partial charge on any atom is 0.334 e. The second kappa shape index (κ2) is 7.79. The SMILES string of the molecule is CCC=C(C(=O)O)C(O)c1cccc(C(C)(C)C)c1O[Si](C)C. The molecule has 2 N–H and O–H groups in total. The van der Waals surface area contributed by atoms with Crippen LogP contribution in [0.4, 0.5) is 0 Å². The quantitative estimate of drug-likeness (QED) is 0.607. The lowest BCUT2D eigenvalue weighted by molar-refractivity contribution is -0.133. The number of aliphatic hydroxyl groups excluding tert-OH is 1. The van der Waals surface area contributed by atoms with Gasteiger partial charge in [0.05, 0.1) is 5.57 Å². The third kappa shape index (κ3) is 4.94. The third-order valence-electron chi connectivity index (χ3n) is 3.42. The Labute approximate surface area is 140 Å². The topological polar surface area (TPSA) is 66.8 Å². The fraction of sp³-hybridized carbons (Fsp3) is 0.500. The van der Waals surface area contributed by atoms with Gasteiger partial charge < -0.3 is 14.6 Å². The first kappa shape index (κ1) is 19.5. The van der Waals surface area contributed by atoms with E-state index in [1.165, 1.54) is 0 Å². The molecule has 0 amide bonds. The van der Waals surface area contributed by atoms with Crippen molar-refractivity contribution in [3.05, 3.63) is 41.0 Å². The minimum Gasteiger partial charge on any atom is -0.542 e. The second-order valence-corrected chi connectivity index (χ2v) is 8.78. The summed E-state index contributed by atoms with van der Waals surface area (Å²) in [6.45, 7) is 12.1. The highest BCUT2D eigenvalue weighted by Gasteiger charge is 2.28. The molecule has 0 fully saturated rings. The molecule has 1 unspecified atom stereocenters. The van der Waals surface area contributed by atoms with Gasteiger partial charge in [-0.15, -0.1) is 0 Å². The Morgan fingerprint density at radius 2 is 1.96 bits per heavy atom. The van der Waals surface area contributed by atoms with Crippen LogP contribution in [0.3, 0.4) is 0 Å². The molecule has 1 aromatic carbocycles. The van der Waals surface area contributed by atoms with E-state index < -0.39 is 21.1 Å². The molecule has 4 nitrogen and oxygen atoms in total. The van der Waals surface area contributed by atoms with Crippen LogP contribution in [-0.4, -0.2) is 25.2 Å². The number of aliphatic carboxylic acids is 1. The molecular formula is C18H27O4Si. The third-order valence-corrected chi connectivity index (χ3v) is 4.03. The van der Waals surface area contributed by atoms with Crippen LogP contribution in [0.25, 0.3) is 0 Å². The first-order chi connectivity index (χ1) is 10.6. The molecule has 127 valence electrons. The highest BCUT2D eigenvalue weighted by atomic mass is 28.3. The molecule has 1 atom stereocenters. The molecule has 0 aliphatic carbocycles. The molecule has 0 aliphatic rings. The van der Waals surface area contributed by atoms with Crippen molar-refractivity contribution in [2.45, 2.75) is 58.7 Å². The first-order valence-corrected chi connectivity index (χ1v) is 10.2. The lowest BCUT2D eigenvalue weighted by atomic mass is 9.84. The van der Waals surface area contributed by atoms with Crippen LogP contribution in [0, 0.1) is 0 Å². The Balaban J connectivity index is 3.51. The van der Waals surface area contributed by atoms with Crippen LogP contribution in [0.1, 0.15) is 51.3 Å². The summed E-state index contributed by atoms with van der Waals surface area (Å²) in [6, 6.07) is 5.56. The molecule has 0 heterocycles. The average Bonchev–Trinajstić information content (AvgIpc) is 2.42. The van der Waals surface area contributed by atoms with E-state index in [1.54, 1.807) is 12.1 Å². The first-order valence-electron chi connectivity index (χ1n) is 7.82. The fourth-order valence-electron chi connectivity index (χ4n) is 2.38.